The van der Waals surface area contributed by atoms with E-state index in [1.165, 1.54) is 11.3 Å². The number of nitrogen functional groups attached to an aromatic ring is 1. The van der Waals surface area contributed by atoms with Crippen molar-refractivity contribution in [1.29, 1.82) is 0 Å². The van der Waals surface area contributed by atoms with Gasteiger partial charge in [-0.05, 0) is 45.0 Å². The molecule has 7 heteroatoms. The van der Waals surface area contributed by atoms with Crippen LogP contribution in [0.15, 0.2) is 42.6 Å². The maximum atomic E-state index is 10.7. The predicted molar refractivity (Wildman–Crippen MR) is 115 cm³/mol. The molecule has 1 aromatic carbocycles. The second-order valence-electron chi connectivity index (χ2n) is 6.87. The average Bonchev–Trinajstić information content (AvgIpc) is 3.14. The second-order valence-corrected chi connectivity index (χ2v) is 8.10. The minimum Gasteiger partial charge on any atom is -0.382 e. The molecule has 0 saturated carbocycles. The Balaban J connectivity index is 1.69. The summed E-state index contributed by atoms with van der Waals surface area (Å²) in [6, 6.07) is 11.5. The van der Waals surface area contributed by atoms with Crippen LogP contribution in [-0.4, -0.2) is 25.0 Å². The summed E-state index contributed by atoms with van der Waals surface area (Å²) < 4.78 is 0. The van der Waals surface area contributed by atoms with Crippen LogP contribution in [0.5, 0.6) is 0 Å². The van der Waals surface area contributed by atoms with E-state index in [0.29, 0.717) is 22.7 Å². The van der Waals surface area contributed by atoms with Gasteiger partial charge in [0.1, 0.15) is 11.3 Å². The molecule has 144 valence electrons. The van der Waals surface area contributed by atoms with Crippen LogP contribution in [0.2, 0.25) is 0 Å². The largest absolute Gasteiger partial charge is 0.382 e. The van der Waals surface area contributed by atoms with E-state index in [1.807, 2.05) is 43.3 Å². The van der Waals surface area contributed by atoms with Gasteiger partial charge in [0.2, 0.25) is 0 Å². The number of hydrogen-bond acceptors (Lipinski definition) is 7. The van der Waals surface area contributed by atoms with Gasteiger partial charge in [0.05, 0.1) is 21.1 Å². The van der Waals surface area contributed by atoms with Crippen molar-refractivity contribution >= 4 is 28.2 Å². The molecule has 0 bridgehead atoms. The van der Waals surface area contributed by atoms with Gasteiger partial charge in [0.25, 0.3) is 0 Å². The molecule has 29 heavy (non-hydrogen) atoms. The van der Waals surface area contributed by atoms with Gasteiger partial charge >= 0.3 is 0 Å². The molecule has 0 aliphatic rings. The smallest absolute Gasteiger partial charge is 0.159 e. The monoisotopic (exact) mass is 401 g/mol. The summed E-state index contributed by atoms with van der Waals surface area (Å²) in [6.07, 6.45) is 1.66. The minimum absolute atomic E-state index is 0.362. The van der Waals surface area contributed by atoms with Crippen molar-refractivity contribution in [2.75, 3.05) is 5.73 Å². The highest BCUT2D eigenvalue weighted by Crippen LogP contribution is 2.26. The maximum Gasteiger partial charge on any atom is 0.159 e. The molecule has 3 heterocycles. The fourth-order valence-corrected chi connectivity index (χ4v) is 3.69. The Kier molecular flexibility index (Phi) is 4.74. The molecule has 0 fully saturated rings. The number of anilines is 1. The molecular weight excluding hydrogens is 382 g/mol. The fourth-order valence-electron chi connectivity index (χ4n) is 2.92. The number of benzene rings is 1. The van der Waals surface area contributed by atoms with E-state index in [2.05, 4.69) is 31.8 Å². The molecule has 6 nitrogen and oxygen atoms in total. The average molecular weight is 401 g/mol. The van der Waals surface area contributed by atoms with Crippen molar-refractivity contribution in [3.63, 3.8) is 0 Å². The molecule has 0 aliphatic carbocycles. The summed E-state index contributed by atoms with van der Waals surface area (Å²) in [5.74, 6) is 6.98. The molecule has 4 aromatic rings. The number of thiazole rings is 1. The number of hydrogen-bond donors (Lipinski definition) is 2. The first-order chi connectivity index (χ1) is 13.8. The van der Waals surface area contributed by atoms with Crippen LogP contribution in [0.4, 0.5) is 5.82 Å². The molecule has 3 aromatic heterocycles. The number of fused-ring (bicyclic) bond motifs is 1. The fraction of sp³-hybridized carbons (Fsp3) is 0.182. The number of pyridine rings is 1. The minimum atomic E-state index is -1.26. The first-order valence-corrected chi connectivity index (χ1v) is 9.83. The molecule has 0 radical (unpaired) electrons. The molecule has 0 aliphatic heterocycles. The number of rotatable bonds is 2. The lowest BCUT2D eigenvalue weighted by atomic mass is 10.0. The Bertz CT molecular complexity index is 1280. The van der Waals surface area contributed by atoms with Crippen molar-refractivity contribution in [1.82, 2.24) is 19.9 Å². The zero-order valence-corrected chi connectivity index (χ0v) is 17.1. The molecule has 1 atom stereocenters. The third-order valence-electron chi connectivity index (χ3n) is 4.39. The molecule has 0 saturated heterocycles. The van der Waals surface area contributed by atoms with E-state index in [0.717, 1.165) is 26.7 Å². The predicted octanol–water partition coefficient (Wildman–Crippen LogP) is 3.61. The Morgan fingerprint density at radius 3 is 2.69 bits per heavy atom. The Hall–Kier alpha value is -3.34. The maximum absolute atomic E-state index is 10.7. The summed E-state index contributed by atoms with van der Waals surface area (Å²) in [4.78, 5) is 18.1. The van der Waals surface area contributed by atoms with Gasteiger partial charge in [0.15, 0.2) is 11.4 Å². The van der Waals surface area contributed by atoms with Crippen LogP contribution in [0.1, 0.15) is 28.2 Å². The second kappa shape index (κ2) is 7.24. The summed E-state index contributed by atoms with van der Waals surface area (Å²) >= 11 is 1.44. The zero-order chi connectivity index (χ0) is 20.6. The first kappa shape index (κ1) is 19.0. The van der Waals surface area contributed by atoms with Crippen LogP contribution in [0, 0.1) is 25.7 Å². The van der Waals surface area contributed by atoms with Gasteiger partial charge in [-0.2, -0.15) is 0 Å². The quantitative estimate of drug-likeness (QED) is 0.498. The number of nitrogens with zero attached hydrogens (tertiary/aromatic N) is 4. The normalized spacial score (nSPS) is 13.0. The third kappa shape index (κ3) is 3.94. The van der Waals surface area contributed by atoms with E-state index in [9.17, 15) is 5.11 Å². The van der Waals surface area contributed by atoms with Crippen molar-refractivity contribution in [3.05, 3.63) is 63.9 Å². The number of aryl methyl sites for hydroxylation is 2. The lowest BCUT2D eigenvalue weighted by Gasteiger charge is -2.12. The SMILES string of the molecule is Cc1nc(N)c2nc(-c3cccc(C#C[C@](C)(O)c4cnc(C)s4)c3)ccc2n1. The first-order valence-electron chi connectivity index (χ1n) is 9.01. The van der Waals surface area contributed by atoms with Crippen LogP contribution in [0.25, 0.3) is 22.3 Å². The summed E-state index contributed by atoms with van der Waals surface area (Å²) in [5.41, 5.74) is 8.48. The number of nitrogens with two attached hydrogens (primary N) is 1. The molecular formula is C22H19N5OS. The Morgan fingerprint density at radius 1 is 1.10 bits per heavy atom. The lowest BCUT2D eigenvalue weighted by molar-refractivity contribution is 0.126. The van der Waals surface area contributed by atoms with Crippen LogP contribution >= 0.6 is 11.3 Å². The van der Waals surface area contributed by atoms with Crippen LogP contribution in [-0.2, 0) is 5.60 Å². The topological polar surface area (TPSA) is 97.8 Å². The van der Waals surface area contributed by atoms with Gasteiger partial charge in [-0.3, -0.25) is 0 Å². The molecule has 4 rings (SSSR count). The molecule has 0 unspecified atom stereocenters. The van der Waals surface area contributed by atoms with E-state index >= 15 is 0 Å². The lowest BCUT2D eigenvalue weighted by Crippen LogP contribution is -2.16. The van der Waals surface area contributed by atoms with E-state index in [1.54, 1.807) is 20.0 Å². The van der Waals surface area contributed by atoms with Crippen molar-refractivity contribution in [3.8, 4) is 23.1 Å². The number of aromatic nitrogens is 4. The summed E-state index contributed by atoms with van der Waals surface area (Å²) in [5, 5.41) is 11.6. The van der Waals surface area contributed by atoms with Crippen molar-refractivity contribution in [2.24, 2.45) is 0 Å². The number of aliphatic hydroxyl groups is 1. The standard InChI is InChI=1S/C22H19N5OS/c1-13-25-18-8-7-17(27-20(18)21(23)26-13)16-6-4-5-15(11-16)9-10-22(3,28)19-12-24-14(2)29-19/h4-8,11-12,28H,1-3H3,(H2,23,25,26)/t22-/m0/s1. The third-order valence-corrected chi connectivity index (χ3v) is 5.51. The molecule has 0 amide bonds. The van der Waals surface area contributed by atoms with Crippen molar-refractivity contribution in [2.45, 2.75) is 26.4 Å². The van der Waals surface area contributed by atoms with E-state index in [4.69, 9.17) is 5.73 Å². The van der Waals surface area contributed by atoms with Crippen molar-refractivity contribution < 1.29 is 5.11 Å². The zero-order valence-electron chi connectivity index (χ0n) is 16.3. The highest BCUT2D eigenvalue weighted by atomic mass is 32.1. The molecule has 0 spiro atoms. The molecule has 3 N–H and O–H groups in total. The van der Waals surface area contributed by atoms with E-state index < -0.39 is 5.60 Å². The van der Waals surface area contributed by atoms with Gasteiger partial charge in [-0.15, -0.1) is 11.3 Å². The summed E-state index contributed by atoms with van der Waals surface area (Å²) in [6.45, 7) is 5.37. The van der Waals surface area contributed by atoms with Gasteiger partial charge in [-0.25, -0.2) is 19.9 Å². The Morgan fingerprint density at radius 2 is 1.93 bits per heavy atom. The van der Waals surface area contributed by atoms with Gasteiger partial charge in [0, 0.05) is 17.3 Å². The Labute approximate surface area is 172 Å². The van der Waals surface area contributed by atoms with Gasteiger partial charge < -0.3 is 10.8 Å². The summed E-state index contributed by atoms with van der Waals surface area (Å²) in [7, 11) is 0. The van der Waals surface area contributed by atoms with E-state index in [-0.39, 0.29) is 0 Å². The van der Waals surface area contributed by atoms with Crippen LogP contribution < -0.4 is 5.73 Å². The van der Waals surface area contributed by atoms with Gasteiger partial charge in [-0.1, -0.05) is 24.0 Å². The highest BCUT2D eigenvalue weighted by molar-refractivity contribution is 7.11. The highest BCUT2D eigenvalue weighted by Gasteiger charge is 2.22. The van der Waals surface area contributed by atoms with Crippen LogP contribution in [0.3, 0.4) is 0 Å².